The minimum absolute atomic E-state index is 0.0810. The van der Waals surface area contributed by atoms with Gasteiger partial charge in [0.2, 0.25) is 0 Å². The van der Waals surface area contributed by atoms with Crippen LogP contribution in [0.4, 0.5) is 52.7 Å². The van der Waals surface area contributed by atoms with Crippen molar-refractivity contribution in [1.29, 1.82) is 0 Å². The predicted octanol–water partition coefficient (Wildman–Crippen LogP) is 2.48. The number of aliphatic hydroxyl groups is 2. The fourth-order valence-electron chi connectivity index (χ4n) is 1.23. The number of hydrogen-bond acceptors (Lipinski definition) is 6. The van der Waals surface area contributed by atoms with Crippen LogP contribution in [0.25, 0.3) is 0 Å². The van der Waals surface area contributed by atoms with Gasteiger partial charge in [0, 0.05) is 6.61 Å². The predicted molar refractivity (Wildman–Crippen MR) is 78.3 cm³/mol. The van der Waals surface area contributed by atoms with Gasteiger partial charge in [-0.2, -0.15) is 69.5 Å². The van der Waals surface area contributed by atoms with Gasteiger partial charge in [0.15, 0.2) is 0 Å². The van der Waals surface area contributed by atoms with Crippen molar-refractivity contribution in [1.82, 2.24) is 0 Å². The van der Waals surface area contributed by atoms with E-state index in [2.05, 4.69) is 0 Å². The van der Waals surface area contributed by atoms with Gasteiger partial charge in [-0.25, -0.2) is 0 Å². The maximum Gasteiger partial charge on any atom is 0.416 e. The number of alkyl halides is 12. The number of hydrogen-bond donors (Lipinski definition) is 4. The van der Waals surface area contributed by atoms with E-state index >= 15 is 0 Å². The molecule has 0 heterocycles. The normalized spacial score (nSPS) is 15.0. The molecule has 0 bridgehead atoms. The van der Waals surface area contributed by atoms with E-state index in [9.17, 15) is 69.5 Å². The highest BCUT2D eigenvalue weighted by molar-refractivity contribution is 7.86. The lowest BCUT2D eigenvalue weighted by molar-refractivity contribution is -0.229. The van der Waals surface area contributed by atoms with E-state index in [1.807, 2.05) is 0 Å². The van der Waals surface area contributed by atoms with Gasteiger partial charge in [-0.15, -0.1) is 0 Å². The van der Waals surface area contributed by atoms with Crippen LogP contribution < -0.4 is 0 Å². The first-order chi connectivity index (χ1) is 13.5. The van der Waals surface area contributed by atoms with Crippen LogP contribution in [0.5, 0.6) is 0 Å². The highest BCUT2D eigenvalue weighted by atomic mass is 32.2. The third-order valence-electron chi connectivity index (χ3n) is 2.33. The van der Waals surface area contributed by atoms with E-state index < -0.39 is 55.4 Å². The minimum atomic E-state index is -6.23. The van der Waals surface area contributed by atoms with Crippen LogP contribution in [0.1, 0.15) is 13.3 Å². The molecule has 0 radical (unpaired) electrons. The fraction of sp³-hybridized carbons (Fsp3) is 1.00. The lowest BCUT2D eigenvalue weighted by Crippen LogP contribution is -2.47. The summed E-state index contributed by atoms with van der Waals surface area (Å²) in [6.45, 7) is 1.73. The summed E-state index contributed by atoms with van der Waals surface area (Å²) in [5.74, 6) is 0. The summed E-state index contributed by atoms with van der Waals surface area (Å²) in [6.07, 6.45) is -24.2. The van der Waals surface area contributed by atoms with Crippen molar-refractivity contribution >= 4 is 20.2 Å². The van der Waals surface area contributed by atoms with Crippen molar-refractivity contribution in [3.63, 3.8) is 0 Å². The van der Waals surface area contributed by atoms with Crippen LogP contribution in [-0.4, -0.2) is 84.1 Å². The van der Waals surface area contributed by atoms with Gasteiger partial charge in [-0.1, -0.05) is 0 Å². The Morgan fingerprint density at radius 3 is 0.812 bits per heavy atom. The Hall–Kier alpha value is -1.10. The molecular formula is C10H14F12O8S2. The van der Waals surface area contributed by atoms with Gasteiger partial charge in [-0.3, -0.25) is 9.11 Å². The summed E-state index contributed by atoms with van der Waals surface area (Å²) in [4.78, 5) is 0. The SMILES string of the molecule is CC(O)CCO.O=S(=O)(O)C(C(F)(F)F)C(F)(F)F.O=S(=O)(O)C(C(F)(F)F)C(F)(F)F. The summed E-state index contributed by atoms with van der Waals surface area (Å²) in [5.41, 5.74) is 0. The molecule has 0 saturated carbocycles. The highest BCUT2D eigenvalue weighted by Gasteiger charge is 2.65. The van der Waals surface area contributed by atoms with Crippen molar-refractivity contribution in [3.8, 4) is 0 Å². The van der Waals surface area contributed by atoms with Crippen molar-refractivity contribution < 1.29 is 88.8 Å². The molecule has 4 N–H and O–H groups in total. The van der Waals surface area contributed by atoms with E-state index in [1.54, 1.807) is 6.92 Å². The first kappa shape index (κ1) is 35.5. The first-order valence-corrected chi connectivity index (χ1v) is 9.99. The smallest absolute Gasteiger partial charge is 0.396 e. The second-order valence-electron chi connectivity index (χ2n) is 5.32. The van der Waals surface area contributed by atoms with Crippen LogP contribution in [0.3, 0.4) is 0 Å². The maximum absolute atomic E-state index is 11.5. The van der Waals surface area contributed by atoms with Crippen LogP contribution in [-0.2, 0) is 20.2 Å². The van der Waals surface area contributed by atoms with Crippen molar-refractivity contribution in [3.05, 3.63) is 0 Å². The van der Waals surface area contributed by atoms with Crippen molar-refractivity contribution in [2.75, 3.05) is 6.61 Å². The maximum atomic E-state index is 11.5. The molecule has 22 heteroatoms. The monoisotopic (exact) mass is 554 g/mol. The molecule has 0 aromatic carbocycles. The largest absolute Gasteiger partial charge is 0.416 e. The van der Waals surface area contributed by atoms with E-state index in [-0.39, 0.29) is 12.7 Å². The molecule has 198 valence electrons. The summed E-state index contributed by atoms with van der Waals surface area (Å²) < 4.78 is 192. The van der Waals surface area contributed by atoms with Gasteiger partial charge < -0.3 is 10.2 Å². The molecule has 1 atom stereocenters. The summed E-state index contributed by atoms with van der Waals surface area (Å²) >= 11 is 0. The second kappa shape index (κ2) is 11.9. The Bertz CT molecular complexity index is 661. The quantitative estimate of drug-likeness (QED) is 0.306. The van der Waals surface area contributed by atoms with E-state index in [4.69, 9.17) is 19.3 Å². The molecule has 0 aromatic rings. The van der Waals surface area contributed by atoms with Crippen LogP contribution in [0, 0.1) is 0 Å². The van der Waals surface area contributed by atoms with Crippen molar-refractivity contribution in [2.45, 2.75) is 54.7 Å². The third-order valence-corrected chi connectivity index (χ3v) is 4.59. The molecule has 0 aliphatic rings. The average Bonchev–Trinajstić information content (AvgIpc) is 2.26. The van der Waals surface area contributed by atoms with Gasteiger partial charge in [-0.05, 0) is 13.3 Å². The Morgan fingerprint density at radius 1 is 0.625 bits per heavy atom. The molecule has 0 aliphatic heterocycles. The topological polar surface area (TPSA) is 149 Å². The van der Waals surface area contributed by atoms with E-state index in [1.165, 1.54) is 0 Å². The molecule has 0 aliphatic carbocycles. The van der Waals surface area contributed by atoms with Crippen molar-refractivity contribution in [2.24, 2.45) is 0 Å². The van der Waals surface area contributed by atoms with Crippen LogP contribution in [0.2, 0.25) is 0 Å². The Kier molecular flexibility index (Phi) is 13.1. The zero-order valence-electron chi connectivity index (χ0n) is 14.9. The molecule has 0 amide bonds. The van der Waals surface area contributed by atoms with Crippen LogP contribution >= 0.6 is 0 Å². The molecule has 0 saturated heterocycles. The zero-order valence-corrected chi connectivity index (χ0v) is 16.6. The number of aliphatic hydroxyl groups excluding tert-OH is 2. The van der Waals surface area contributed by atoms with Gasteiger partial charge in [0.25, 0.3) is 30.7 Å². The molecular weight excluding hydrogens is 540 g/mol. The molecule has 0 spiro atoms. The Balaban J connectivity index is -0.000000422. The summed E-state index contributed by atoms with van der Waals surface area (Å²) in [5, 5.41) is 6.98. The van der Waals surface area contributed by atoms with E-state index in [0.29, 0.717) is 6.42 Å². The molecule has 0 rings (SSSR count). The fourth-order valence-corrected chi connectivity index (χ4v) is 2.58. The average molecular weight is 554 g/mol. The number of halogens is 12. The lowest BCUT2D eigenvalue weighted by atomic mass is 10.3. The summed E-state index contributed by atoms with van der Waals surface area (Å²) in [7, 11) is -12.5. The Morgan fingerprint density at radius 2 is 0.812 bits per heavy atom. The third kappa shape index (κ3) is 15.7. The zero-order chi connectivity index (χ0) is 27.1. The first-order valence-electron chi connectivity index (χ1n) is 6.99. The highest BCUT2D eigenvalue weighted by Crippen LogP contribution is 2.38. The molecule has 32 heavy (non-hydrogen) atoms. The van der Waals surface area contributed by atoms with Gasteiger partial charge >= 0.3 is 24.7 Å². The Labute approximate surface area is 171 Å². The van der Waals surface area contributed by atoms with Gasteiger partial charge in [0.05, 0.1) is 6.10 Å². The lowest BCUT2D eigenvalue weighted by Gasteiger charge is -2.19. The molecule has 1 unspecified atom stereocenters. The molecule has 0 fully saturated rings. The standard InChI is InChI=1S/C4H10O2.2C3H2F6O3S/c1-4(6)2-3-5;2*4-2(5,6)1(3(7,8)9)13(10,11)12/h4-6H,2-3H2,1H3;2*1H,(H,10,11,12). The molecule has 0 aromatic heterocycles. The molecule has 8 nitrogen and oxygen atoms in total. The number of rotatable bonds is 4. The van der Waals surface area contributed by atoms with Crippen LogP contribution in [0.15, 0.2) is 0 Å². The van der Waals surface area contributed by atoms with Gasteiger partial charge in [0.1, 0.15) is 0 Å². The van der Waals surface area contributed by atoms with E-state index in [0.717, 1.165) is 0 Å². The minimum Gasteiger partial charge on any atom is -0.396 e. The summed E-state index contributed by atoms with van der Waals surface area (Å²) in [6, 6.07) is 0. The second-order valence-corrected chi connectivity index (χ2v) is 8.32.